The summed E-state index contributed by atoms with van der Waals surface area (Å²) in [5.41, 5.74) is 14.2. The third kappa shape index (κ3) is 4.51. The van der Waals surface area contributed by atoms with Crippen LogP contribution in [0, 0.1) is 0 Å². The van der Waals surface area contributed by atoms with E-state index < -0.39 is 0 Å². The highest BCUT2D eigenvalue weighted by atomic mass is 14.7. The first-order valence-electron chi connectivity index (χ1n) is 14.0. The molecular weight excluding hydrogens is 470 g/mol. The molecule has 1 heteroatoms. The first-order chi connectivity index (χ1) is 18.6. The zero-order chi connectivity index (χ0) is 27.4. The second kappa shape index (κ2) is 9.35. The Balaban J connectivity index is 1.60. The summed E-state index contributed by atoms with van der Waals surface area (Å²) < 4.78 is 0. The van der Waals surface area contributed by atoms with E-state index in [-0.39, 0.29) is 16.7 Å². The number of hydrogen-bond acceptors (Lipinski definition) is 1. The maximum atomic E-state index is 5.03. The van der Waals surface area contributed by atoms with Crippen molar-refractivity contribution in [3.05, 3.63) is 137 Å². The van der Waals surface area contributed by atoms with Gasteiger partial charge in [-0.2, -0.15) is 0 Å². The summed E-state index contributed by atoms with van der Waals surface area (Å²) in [4.78, 5) is 5.03. The second-order valence-electron chi connectivity index (χ2n) is 12.9. The molecule has 0 aliphatic heterocycles. The van der Waals surface area contributed by atoms with Crippen LogP contribution in [-0.4, -0.2) is 4.98 Å². The number of pyridine rings is 1. The zero-order valence-corrected chi connectivity index (χ0v) is 23.9. The smallest absolute Gasteiger partial charge is 0.0783 e. The van der Waals surface area contributed by atoms with Crippen LogP contribution < -0.4 is 0 Å². The van der Waals surface area contributed by atoms with Crippen LogP contribution in [0.3, 0.4) is 0 Å². The highest BCUT2D eigenvalue weighted by Gasteiger charge is 2.32. The fraction of sp³-hybridized carbons (Fsp3) is 0.237. The van der Waals surface area contributed by atoms with Gasteiger partial charge in [0.2, 0.25) is 0 Å². The second-order valence-corrected chi connectivity index (χ2v) is 12.9. The van der Waals surface area contributed by atoms with Gasteiger partial charge >= 0.3 is 0 Å². The molecule has 1 aromatic heterocycles. The molecular formula is C38H37N. The number of nitrogens with zero attached hydrogens (tertiary/aromatic N) is 1. The van der Waals surface area contributed by atoms with E-state index in [2.05, 4.69) is 145 Å². The van der Waals surface area contributed by atoms with Crippen molar-refractivity contribution in [2.75, 3.05) is 0 Å². The molecule has 6 rings (SSSR count). The lowest BCUT2D eigenvalue weighted by Gasteiger charge is -2.23. The normalized spacial score (nSPS) is 13.3. The molecule has 0 radical (unpaired) electrons. The van der Waals surface area contributed by atoms with Crippen LogP contribution in [0.5, 0.6) is 0 Å². The quantitative estimate of drug-likeness (QED) is 0.232. The summed E-state index contributed by atoms with van der Waals surface area (Å²) in [5.74, 6) is 0.158. The predicted molar refractivity (Wildman–Crippen MR) is 165 cm³/mol. The topological polar surface area (TPSA) is 12.9 Å². The van der Waals surface area contributed by atoms with Crippen molar-refractivity contribution >= 4 is 0 Å². The van der Waals surface area contributed by atoms with E-state index >= 15 is 0 Å². The van der Waals surface area contributed by atoms with Crippen molar-refractivity contribution in [3.63, 3.8) is 0 Å². The van der Waals surface area contributed by atoms with Gasteiger partial charge < -0.3 is 0 Å². The minimum absolute atomic E-state index is 0.102. The van der Waals surface area contributed by atoms with Crippen LogP contribution in [0.1, 0.15) is 75.3 Å². The monoisotopic (exact) mass is 507 g/mol. The third-order valence-corrected chi connectivity index (χ3v) is 8.19. The number of hydrogen-bond donors (Lipinski definition) is 0. The van der Waals surface area contributed by atoms with E-state index in [4.69, 9.17) is 4.98 Å². The molecule has 5 aromatic rings. The van der Waals surface area contributed by atoms with Crippen molar-refractivity contribution in [1.29, 1.82) is 0 Å². The SMILES string of the molecule is CC(C)(C)c1ccc(-c2nccc(C3c4ccccc4-c4ccccc43)c2-c2ccc(C(C)(C)C)cc2)cc1. The molecule has 0 atom stereocenters. The van der Waals surface area contributed by atoms with Crippen molar-refractivity contribution < 1.29 is 0 Å². The molecule has 1 aliphatic carbocycles. The summed E-state index contributed by atoms with van der Waals surface area (Å²) in [6.45, 7) is 13.6. The van der Waals surface area contributed by atoms with E-state index in [1.54, 1.807) is 0 Å². The van der Waals surface area contributed by atoms with Gasteiger partial charge in [-0.3, -0.25) is 4.98 Å². The number of benzene rings is 4. The fourth-order valence-corrected chi connectivity index (χ4v) is 6.00. The van der Waals surface area contributed by atoms with Crippen LogP contribution in [0.4, 0.5) is 0 Å². The number of rotatable bonds is 3. The molecule has 0 saturated heterocycles. The molecule has 1 heterocycles. The molecule has 1 aliphatic rings. The van der Waals surface area contributed by atoms with E-state index in [0.717, 1.165) is 11.3 Å². The molecule has 4 aromatic carbocycles. The first-order valence-corrected chi connectivity index (χ1v) is 14.0. The minimum Gasteiger partial charge on any atom is -0.256 e. The molecule has 0 saturated carbocycles. The highest BCUT2D eigenvalue weighted by Crippen LogP contribution is 2.51. The first kappa shape index (κ1) is 25.3. The Labute approximate surface area is 233 Å². The number of aromatic nitrogens is 1. The van der Waals surface area contributed by atoms with Gasteiger partial charge in [-0.15, -0.1) is 0 Å². The van der Waals surface area contributed by atoms with E-state index in [9.17, 15) is 0 Å². The van der Waals surface area contributed by atoms with Gasteiger partial charge in [0, 0.05) is 23.2 Å². The van der Waals surface area contributed by atoms with Crippen LogP contribution in [0.15, 0.2) is 109 Å². The van der Waals surface area contributed by atoms with Gasteiger partial charge in [0.05, 0.1) is 5.69 Å². The van der Waals surface area contributed by atoms with Gasteiger partial charge in [0.1, 0.15) is 0 Å². The molecule has 0 amide bonds. The summed E-state index contributed by atoms with van der Waals surface area (Å²) in [6.07, 6.45) is 2.00. The highest BCUT2D eigenvalue weighted by molar-refractivity contribution is 5.88. The van der Waals surface area contributed by atoms with Crippen LogP contribution in [0.2, 0.25) is 0 Å². The summed E-state index contributed by atoms with van der Waals surface area (Å²) >= 11 is 0. The lowest BCUT2D eigenvalue weighted by atomic mass is 9.81. The maximum absolute atomic E-state index is 5.03. The van der Waals surface area contributed by atoms with Crippen molar-refractivity contribution in [2.45, 2.75) is 58.3 Å². The Hall–Kier alpha value is -3.97. The molecule has 0 bridgehead atoms. The molecule has 194 valence electrons. The van der Waals surface area contributed by atoms with Gasteiger partial charge in [0.15, 0.2) is 0 Å². The van der Waals surface area contributed by atoms with Gasteiger partial charge in [-0.05, 0) is 61.4 Å². The summed E-state index contributed by atoms with van der Waals surface area (Å²) in [5, 5.41) is 0. The molecule has 39 heavy (non-hydrogen) atoms. The van der Waals surface area contributed by atoms with E-state index in [1.165, 1.54) is 50.1 Å². The Morgan fingerprint density at radius 2 is 0.949 bits per heavy atom. The Kier molecular flexibility index (Phi) is 6.07. The maximum Gasteiger partial charge on any atom is 0.0783 e. The molecule has 1 nitrogen and oxygen atoms in total. The summed E-state index contributed by atoms with van der Waals surface area (Å²) in [6, 6.07) is 38.2. The fourth-order valence-electron chi connectivity index (χ4n) is 6.00. The zero-order valence-electron chi connectivity index (χ0n) is 23.9. The average Bonchev–Trinajstić information content (AvgIpc) is 3.26. The van der Waals surface area contributed by atoms with Gasteiger partial charge in [-0.1, -0.05) is 139 Å². The van der Waals surface area contributed by atoms with E-state index in [0.29, 0.717) is 0 Å². The van der Waals surface area contributed by atoms with Crippen LogP contribution in [0.25, 0.3) is 33.5 Å². The lowest BCUT2D eigenvalue weighted by Crippen LogP contribution is -2.11. The van der Waals surface area contributed by atoms with Crippen molar-refractivity contribution in [2.24, 2.45) is 0 Å². The molecule has 0 N–H and O–H groups in total. The Bertz CT molecular complexity index is 1600. The molecule has 0 spiro atoms. The lowest BCUT2D eigenvalue weighted by molar-refractivity contribution is 0.590. The standard InChI is InChI=1S/C38H37N/c1-37(2,3)27-19-15-25(16-20-27)34-33(23-24-39-36(34)26-17-21-28(22-18-26)38(4,5)6)35-31-13-9-7-11-29(31)30-12-8-10-14-32(30)35/h7-24,35H,1-6H3. The largest absolute Gasteiger partial charge is 0.256 e. The van der Waals surface area contributed by atoms with Crippen molar-refractivity contribution in [1.82, 2.24) is 4.98 Å². The Morgan fingerprint density at radius 3 is 1.44 bits per heavy atom. The third-order valence-electron chi connectivity index (χ3n) is 8.19. The van der Waals surface area contributed by atoms with Crippen LogP contribution in [-0.2, 0) is 10.8 Å². The average molecular weight is 508 g/mol. The number of fused-ring (bicyclic) bond motifs is 3. The van der Waals surface area contributed by atoms with E-state index in [1.807, 2.05) is 6.20 Å². The molecule has 0 unspecified atom stereocenters. The predicted octanol–water partition coefficient (Wildman–Crippen LogP) is 10.2. The minimum atomic E-state index is 0.102. The van der Waals surface area contributed by atoms with Gasteiger partial charge in [-0.25, -0.2) is 0 Å². The van der Waals surface area contributed by atoms with Crippen LogP contribution >= 0.6 is 0 Å². The Morgan fingerprint density at radius 1 is 0.487 bits per heavy atom. The molecule has 0 fully saturated rings. The van der Waals surface area contributed by atoms with Crippen molar-refractivity contribution in [3.8, 4) is 33.5 Å². The van der Waals surface area contributed by atoms with Gasteiger partial charge in [0.25, 0.3) is 0 Å². The summed E-state index contributed by atoms with van der Waals surface area (Å²) in [7, 11) is 0.